The molecule has 1 aromatic carbocycles. The van der Waals surface area contributed by atoms with Crippen LogP contribution in [-0.4, -0.2) is 71.4 Å². The second-order valence-electron chi connectivity index (χ2n) is 7.03. The van der Waals surface area contributed by atoms with Crippen LogP contribution in [0.2, 0.25) is 10.0 Å². The molecule has 3 aromatic rings. The molecule has 0 spiro atoms. The fourth-order valence-electron chi connectivity index (χ4n) is 3.30. The number of hydrogen-bond acceptors (Lipinski definition) is 7. The van der Waals surface area contributed by atoms with Gasteiger partial charge in [0, 0.05) is 54.1 Å². The lowest BCUT2D eigenvalue weighted by atomic mass is 10.2. The number of amides is 1. The lowest BCUT2D eigenvalue weighted by Crippen LogP contribution is -2.48. The summed E-state index contributed by atoms with van der Waals surface area (Å²) in [6.45, 7) is 3.39. The van der Waals surface area contributed by atoms with Gasteiger partial charge in [0.15, 0.2) is 6.67 Å². The number of benzene rings is 1. The molecule has 0 radical (unpaired) electrons. The van der Waals surface area contributed by atoms with Crippen LogP contribution in [0.1, 0.15) is 16.1 Å². The molecule has 2 aromatic heterocycles. The van der Waals surface area contributed by atoms with Crippen LogP contribution in [0.15, 0.2) is 36.8 Å². The average Bonchev–Trinajstić information content (AvgIpc) is 3.40. The normalized spacial score (nSPS) is 14.7. The molecular weight excluding hydrogens is 447 g/mol. The van der Waals surface area contributed by atoms with Crippen molar-refractivity contribution in [3.8, 4) is 0 Å². The van der Waals surface area contributed by atoms with Crippen LogP contribution >= 0.6 is 23.2 Å². The Morgan fingerprint density at radius 3 is 2.55 bits per heavy atom. The second-order valence-corrected chi connectivity index (χ2v) is 7.87. The lowest BCUT2D eigenvalue weighted by molar-refractivity contribution is -0.394. The van der Waals surface area contributed by atoms with Crippen LogP contribution < -0.4 is 0 Å². The predicted octanol–water partition coefficient (Wildman–Crippen LogP) is 2.15. The van der Waals surface area contributed by atoms with Gasteiger partial charge in [-0.25, -0.2) is 4.68 Å². The van der Waals surface area contributed by atoms with Crippen molar-refractivity contribution in [2.45, 2.75) is 13.2 Å². The van der Waals surface area contributed by atoms with Gasteiger partial charge in [0.2, 0.25) is 6.33 Å². The number of carbonyl (C=O) groups excluding carboxylic acids is 1. The van der Waals surface area contributed by atoms with E-state index in [1.807, 2.05) is 12.1 Å². The monoisotopic (exact) mass is 464 g/mol. The Bertz CT molecular complexity index is 1110. The fraction of sp³-hybridized carbons (Fsp3) is 0.333. The van der Waals surface area contributed by atoms with Gasteiger partial charge in [0.05, 0.1) is 0 Å². The SMILES string of the molecule is O=C(c1ccn(Cn2cnc([N+](=O)[O-])n2)n1)N1CCN(Cc2ccc(Cl)cc2Cl)CC1. The number of hydrogen-bond donors (Lipinski definition) is 0. The first kappa shape index (κ1) is 21.2. The molecule has 1 fully saturated rings. The molecular formula is C18H18Cl2N8O3. The molecule has 0 atom stereocenters. The van der Waals surface area contributed by atoms with Crippen LogP contribution in [0.4, 0.5) is 5.95 Å². The number of nitro groups is 1. The van der Waals surface area contributed by atoms with E-state index in [1.165, 1.54) is 15.7 Å². The molecule has 1 aliphatic heterocycles. The van der Waals surface area contributed by atoms with Crippen LogP contribution in [0, 0.1) is 10.1 Å². The molecule has 1 saturated heterocycles. The van der Waals surface area contributed by atoms with Crippen LogP contribution in [-0.2, 0) is 13.2 Å². The summed E-state index contributed by atoms with van der Waals surface area (Å²) >= 11 is 12.2. The van der Waals surface area contributed by atoms with E-state index < -0.39 is 10.9 Å². The molecule has 13 heteroatoms. The van der Waals surface area contributed by atoms with Crippen LogP contribution in [0.25, 0.3) is 0 Å². The summed E-state index contributed by atoms with van der Waals surface area (Å²) in [5.41, 5.74) is 1.31. The minimum absolute atomic E-state index is 0.115. The van der Waals surface area contributed by atoms with Crippen molar-refractivity contribution in [2.75, 3.05) is 26.2 Å². The van der Waals surface area contributed by atoms with Crippen molar-refractivity contribution < 1.29 is 9.72 Å². The number of nitrogens with zero attached hydrogens (tertiary/aromatic N) is 8. The van der Waals surface area contributed by atoms with Gasteiger partial charge in [-0.3, -0.25) is 9.69 Å². The Hall–Kier alpha value is -3.02. The minimum atomic E-state index is -0.672. The fourth-order valence-corrected chi connectivity index (χ4v) is 3.77. The summed E-state index contributed by atoms with van der Waals surface area (Å²) in [6, 6.07) is 7.08. The molecule has 11 nitrogen and oxygen atoms in total. The van der Waals surface area contributed by atoms with Gasteiger partial charge >= 0.3 is 5.95 Å². The molecule has 1 aliphatic rings. The third kappa shape index (κ3) is 5.01. The maximum atomic E-state index is 12.8. The molecule has 3 heterocycles. The largest absolute Gasteiger partial charge is 0.491 e. The van der Waals surface area contributed by atoms with Gasteiger partial charge in [0.1, 0.15) is 5.69 Å². The quantitative estimate of drug-likeness (QED) is 0.405. The van der Waals surface area contributed by atoms with E-state index in [9.17, 15) is 14.9 Å². The predicted molar refractivity (Wildman–Crippen MR) is 112 cm³/mol. The summed E-state index contributed by atoms with van der Waals surface area (Å²) in [6.07, 6.45) is 2.87. The van der Waals surface area contributed by atoms with E-state index in [-0.39, 0.29) is 12.6 Å². The van der Waals surface area contributed by atoms with Crippen molar-refractivity contribution in [1.29, 1.82) is 0 Å². The lowest BCUT2D eigenvalue weighted by Gasteiger charge is -2.34. The van der Waals surface area contributed by atoms with Crippen LogP contribution in [0.5, 0.6) is 0 Å². The standard InChI is InChI=1S/C18H18Cl2N8O3/c19-14-2-1-13(15(20)9-14)10-24-5-7-25(8-6-24)17(29)16-3-4-26(22-16)12-27-11-21-18(23-27)28(30)31/h1-4,9,11H,5-8,10,12H2. The number of aromatic nitrogens is 5. The van der Waals surface area contributed by atoms with Gasteiger partial charge in [-0.2, -0.15) is 9.78 Å². The van der Waals surface area contributed by atoms with Crippen molar-refractivity contribution >= 4 is 35.1 Å². The average molecular weight is 465 g/mol. The molecule has 0 bridgehead atoms. The van der Waals surface area contributed by atoms with E-state index in [2.05, 4.69) is 20.1 Å². The molecule has 0 saturated carbocycles. The number of piperazine rings is 1. The minimum Gasteiger partial charge on any atom is -0.390 e. The Labute approximate surface area is 186 Å². The second kappa shape index (κ2) is 9.00. The number of halogens is 2. The molecule has 4 rings (SSSR count). The zero-order chi connectivity index (χ0) is 22.0. The van der Waals surface area contributed by atoms with E-state index in [0.29, 0.717) is 48.5 Å². The zero-order valence-electron chi connectivity index (χ0n) is 16.3. The Morgan fingerprint density at radius 1 is 1.10 bits per heavy atom. The summed E-state index contributed by atoms with van der Waals surface area (Å²) in [5, 5.41) is 19.9. The molecule has 0 unspecified atom stereocenters. The highest BCUT2D eigenvalue weighted by Crippen LogP contribution is 2.23. The smallest absolute Gasteiger partial charge is 0.390 e. The summed E-state index contributed by atoms with van der Waals surface area (Å²) in [5.74, 6) is -0.645. The van der Waals surface area contributed by atoms with Crippen molar-refractivity contribution in [3.05, 3.63) is 68.2 Å². The molecule has 1 amide bonds. The van der Waals surface area contributed by atoms with Gasteiger partial charge in [-0.1, -0.05) is 34.3 Å². The van der Waals surface area contributed by atoms with Gasteiger partial charge < -0.3 is 15.0 Å². The van der Waals surface area contributed by atoms with Crippen molar-refractivity contribution in [3.63, 3.8) is 0 Å². The summed E-state index contributed by atoms with van der Waals surface area (Å²) in [4.78, 5) is 30.4. The Kier molecular flexibility index (Phi) is 6.16. The molecule has 31 heavy (non-hydrogen) atoms. The third-order valence-corrected chi connectivity index (χ3v) is 5.49. The molecule has 0 N–H and O–H groups in total. The van der Waals surface area contributed by atoms with E-state index in [4.69, 9.17) is 23.2 Å². The third-order valence-electron chi connectivity index (χ3n) is 4.91. The van der Waals surface area contributed by atoms with Gasteiger partial charge in [-0.15, -0.1) is 0 Å². The van der Waals surface area contributed by atoms with E-state index >= 15 is 0 Å². The highest BCUT2D eigenvalue weighted by Gasteiger charge is 2.24. The molecule has 0 aliphatic carbocycles. The topological polar surface area (TPSA) is 115 Å². The zero-order valence-corrected chi connectivity index (χ0v) is 17.8. The number of carbonyl (C=O) groups is 1. The van der Waals surface area contributed by atoms with Gasteiger partial charge in [0.25, 0.3) is 5.91 Å². The van der Waals surface area contributed by atoms with Crippen molar-refractivity contribution in [1.82, 2.24) is 34.3 Å². The highest BCUT2D eigenvalue weighted by molar-refractivity contribution is 6.35. The first-order valence-electron chi connectivity index (χ1n) is 9.42. The van der Waals surface area contributed by atoms with E-state index in [0.717, 1.165) is 5.56 Å². The summed E-state index contributed by atoms with van der Waals surface area (Å²) in [7, 11) is 0. The van der Waals surface area contributed by atoms with Gasteiger partial charge in [-0.05, 0) is 28.7 Å². The van der Waals surface area contributed by atoms with Crippen LogP contribution in [0.3, 0.4) is 0 Å². The summed E-state index contributed by atoms with van der Waals surface area (Å²) < 4.78 is 2.75. The first-order chi connectivity index (χ1) is 14.9. The first-order valence-corrected chi connectivity index (χ1v) is 10.2. The molecule has 162 valence electrons. The highest BCUT2D eigenvalue weighted by atomic mass is 35.5. The Balaban J connectivity index is 1.32. The number of rotatable bonds is 6. The Morgan fingerprint density at radius 2 is 1.87 bits per heavy atom. The van der Waals surface area contributed by atoms with Crippen molar-refractivity contribution in [2.24, 2.45) is 0 Å². The maximum Gasteiger partial charge on any atom is 0.491 e. The maximum absolute atomic E-state index is 12.8. The van der Waals surface area contributed by atoms with E-state index in [1.54, 1.807) is 23.2 Å².